The molecule has 0 heterocycles. The first-order valence-electron chi connectivity index (χ1n) is 6.92. The van der Waals surface area contributed by atoms with Crippen molar-refractivity contribution in [2.75, 3.05) is 13.1 Å². The van der Waals surface area contributed by atoms with E-state index in [2.05, 4.69) is 10.6 Å². The van der Waals surface area contributed by atoms with Crippen molar-refractivity contribution in [3.63, 3.8) is 0 Å². The summed E-state index contributed by atoms with van der Waals surface area (Å²) in [4.78, 5) is 23.4. The van der Waals surface area contributed by atoms with Gasteiger partial charge in [0.1, 0.15) is 0 Å². The molecule has 0 aliphatic heterocycles. The van der Waals surface area contributed by atoms with Crippen LogP contribution in [-0.2, 0) is 4.79 Å². The van der Waals surface area contributed by atoms with Crippen LogP contribution in [0.15, 0.2) is 30.3 Å². The number of hydrogen-bond acceptors (Lipinski definition) is 3. The van der Waals surface area contributed by atoms with Crippen LogP contribution < -0.4 is 16.4 Å². The molecule has 5 nitrogen and oxygen atoms in total. The lowest BCUT2D eigenvalue weighted by Crippen LogP contribution is -2.46. The van der Waals surface area contributed by atoms with E-state index in [1.54, 1.807) is 12.1 Å². The molecule has 4 N–H and O–H groups in total. The molecule has 0 aliphatic carbocycles. The van der Waals surface area contributed by atoms with E-state index in [0.29, 0.717) is 18.7 Å². The highest BCUT2D eigenvalue weighted by molar-refractivity contribution is 5.94. The predicted molar refractivity (Wildman–Crippen MR) is 86.5 cm³/mol. The summed E-state index contributed by atoms with van der Waals surface area (Å²) in [5.74, 6) is -0.173. The zero-order chi connectivity index (χ0) is 15.0. The Bertz CT molecular complexity index is 440. The fraction of sp³-hybridized carbons (Fsp3) is 0.467. The summed E-state index contributed by atoms with van der Waals surface area (Å²) in [5, 5.41) is 5.47. The maximum absolute atomic E-state index is 11.7. The average molecular weight is 314 g/mol. The molecule has 0 aromatic heterocycles. The van der Waals surface area contributed by atoms with Crippen LogP contribution in [0.2, 0.25) is 0 Å². The number of amides is 2. The Kier molecular flexibility index (Phi) is 9.41. The zero-order valence-corrected chi connectivity index (χ0v) is 13.3. The largest absolute Gasteiger partial charge is 0.353 e. The third-order valence-corrected chi connectivity index (χ3v) is 3.31. The summed E-state index contributed by atoms with van der Waals surface area (Å²) in [6.07, 6.45) is 0.860. The van der Waals surface area contributed by atoms with Gasteiger partial charge in [-0.05, 0) is 18.1 Å². The molecule has 0 radical (unpaired) electrons. The highest BCUT2D eigenvalue weighted by Gasteiger charge is 2.18. The minimum Gasteiger partial charge on any atom is -0.353 e. The van der Waals surface area contributed by atoms with E-state index < -0.39 is 6.04 Å². The first kappa shape index (κ1) is 19.4. The molecule has 6 heteroatoms. The van der Waals surface area contributed by atoms with Crippen LogP contribution in [0.4, 0.5) is 0 Å². The number of halogens is 1. The van der Waals surface area contributed by atoms with E-state index >= 15 is 0 Å². The van der Waals surface area contributed by atoms with E-state index in [1.165, 1.54) is 0 Å². The highest BCUT2D eigenvalue weighted by atomic mass is 35.5. The van der Waals surface area contributed by atoms with Gasteiger partial charge in [-0.15, -0.1) is 12.4 Å². The number of carbonyl (C=O) groups is 2. The van der Waals surface area contributed by atoms with Crippen molar-refractivity contribution >= 4 is 24.2 Å². The third-order valence-electron chi connectivity index (χ3n) is 3.31. The van der Waals surface area contributed by atoms with Gasteiger partial charge in [0.15, 0.2) is 0 Å². The van der Waals surface area contributed by atoms with Crippen molar-refractivity contribution in [1.29, 1.82) is 0 Å². The number of carbonyl (C=O) groups excluding carboxylic acids is 2. The first-order valence-corrected chi connectivity index (χ1v) is 6.92. The summed E-state index contributed by atoms with van der Waals surface area (Å²) in [6, 6.07) is 8.46. The molecule has 2 atom stereocenters. The maximum Gasteiger partial charge on any atom is 0.251 e. The number of hydrogen-bond donors (Lipinski definition) is 3. The Morgan fingerprint density at radius 2 is 1.71 bits per heavy atom. The van der Waals surface area contributed by atoms with E-state index in [9.17, 15) is 9.59 Å². The molecule has 2 unspecified atom stereocenters. The van der Waals surface area contributed by atoms with Crippen LogP contribution in [0, 0.1) is 5.92 Å². The van der Waals surface area contributed by atoms with Crippen molar-refractivity contribution in [2.24, 2.45) is 11.7 Å². The van der Waals surface area contributed by atoms with Gasteiger partial charge in [0.05, 0.1) is 6.04 Å². The second kappa shape index (κ2) is 10.2. The van der Waals surface area contributed by atoms with Crippen molar-refractivity contribution < 1.29 is 9.59 Å². The van der Waals surface area contributed by atoms with Gasteiger partial charge in [-0.25, -0.2) is 0 Å². The van der Waals surface area contributed by atoms with Gasteiger partial charge in [-0.2, -0.15) is 0 Å². The quantitative estimate of drug-likeness (QED) is 0.664. The Balaban J connectivity index is 0.00000400. The Hall–Kier alpha value is -1.59. The van der Waals surface area contributed by atoms with Crippen molar-refractivity contribution in [2.45, 2.75) is 26.3 Å². The first-order chi connectivity index (χ1) is 9.56. The van der Waals surface area contributed by atoms with Crippen molar-refractivity contribution in [3.8, 4) is 0 Å². The van der Waals surface area contributed by atoms with E-state index in [1.807, 2.05) is 32.0 Å². The number of benzene rings is 1. The Morgan fingerprint density at radius 1 is 1.14 bits per heavy atom. The van der Waals surface area contributed by atoms with Crippen LogP contribution in [0.25, 0.3) is 0 Å². The molecule has 1 aromatic rings. The molecule has 1 rings (SSSR count). The van der Waals surface area contributed by atoms with Crippen LogP contribution in [-0.4, -0.2) is 30.9 Å². The summed E-state index contributed by atoms with van der Waals surface area (Å²) in [6.45, 7) is 4.70. The molecule has 0 fully saturated rings. The summed E-state index contributed by atoms with van der Waals surface area (Å²) < 4.78 is 0. The van der Waals surface area contributed by atoms with E-state index in [0.717, 1.165) is 6.42 Å². The van der Waals surface area contributed by atoms with E-state index in [4.69, 9.17) is 5.73 Å². The van der Waals surface area contributed by atoms with E-state index in [-0.39, 0.29) is 30.1 Å². The average Bonchev–Trinajstić information content (AvgIpc) is 2.50. The second-order valence-corrected chi connectivity index (χ2v) is 4.82. The zero-order valence-electron chi connectivity index (χ0n) is 12.5. The van der Waals surface area contributed by atoms with Crippen LogP contribution in [0.3, 0.4) is 0 Å². The molecule has 0 aliphatic rings. The molecule has 1 aromatic carbocycles. The minimum absolute atomic E-state index is 0. The molecular formula is C15H24ClN3O2. The molecule has 0 spiro atoms. The highest BCUT2D eigenvalue weighted by Crippen LogP contribution is 2.04. The van der Waals surface area contributed by atoms with Gasteiger partial charge in [0.25, 0.3) is 5.91 Å². The lowest BCUT2D eigenvalue weighted by Gasteiger charge is -2.17. The summed E-state index contributed by atoms with van der Waals surface area (Å²) in [7, 11) is 0. The van der Waals surface area contributed by atoms with Crippen LogP contribution in [0.1, 0.15) is 30.6 Å². The van der Waals surface area contributed by atoms with Crippen molar-refractivity contribution in [1.82, 2.24) is 10.6 Å². The Morgan fingerprint density at radius 3 is 2.29 bits per heavy atom. The SMILES string of the molecule is CCC(C)C(N)C(=O)NCCNC(=O)c1ccccc1.Cl. The molecule has 2 amide bonds. The molecule has 21 heavy (non-hydrogen) atoms. The Labute approximate surface area is 132 Å². The third kappa shape index (κ3) is 6.60. The smallest absolute Gasteiger partial charge is 0.251 e. The van der Waals surface area contributed by atoms with Crippen molar-refractivity contribution in [3.05, 3.63) is 35.9 Å². The maximum atomic E-state index is 11.7. The monoisotopic (exact) mass is 313 g/mol. The fourth-order valence-electron chi connectivity index (χ4n) is 1.68. The van der Waals surface area contributed by atoms with Gasteiger partial charge in [-0.3, -0.25) is 9.59 Å². The fourth-order valence-corrected chi connectivity index (χ4v) is 1.68. The molecule has 118 valence electrons. The number of nitrogens with one attached hydrogen (secondary N) is 2. The van der Waals surface area contributed by atoms with Crippen LogP contribution >= 0.6 is 12.4 Å². The minimum atomic E-state index is -0.496. The standard InChI is InChI=1S/C15H23N3O2.ClH/c1-3-11(2)13(16)15(20)18-10-9-17-14(19)12-7-5-4-6-8-12;/h4-8,11,13H,3,9-10,16H2,1-2H3,(H,17,19)(H,18,20);1H. The van der Waals surface area contributed by atoms with Gasteiger partial charge < -0.3 is 16.4 Å². The normalized spacial score (nSPS) is 12.7. The van der Waals surface area contributed by atoms with Gasteiger partial charge in [-0.1, -0.05) is 38.5 Å². The molecule has 0 saturated carbocycles. The summed E-state index contributed by atoms with van der Waals surface area (Å²) >= 11 is 0. The number of nitrogens with two attached hydrogens (primary N) is 1. The van der Waals surface area contributed by atoms with Gasteiger partial charge in [0, 0.05) is 18.7 Å². The lowest BCUT2D eigenvalue weighted by molar-refractivity contribution is -0.123. The van der Waals surface area contributed by atoms with Crippen LogP contribution in [0.5, 0.6) is 0 Å². The number of rotatable bonds is 7. The topological polar surface area (TPSA) is 84.2 Å². The predicted octanol–water partition coefficient (Wildman–Crippen LogP) is 1.33. The molecule has 0 bridgehead atoms. The van der Waals surface area contributed by atoms with Gasteiger partial charge in [0.2, 0.25) is 5.91 Å². The molecular weight excluding hydrogens is 290 g/mol. The second-order valence-electron chi connectivity index (χ2n) is 4.82. The summed E-state index contributed by atoms with van der Waals surface area (Å²) in [5.41, 5.74) is 6.41. The molecule has 0 saturated heterocycles. The lowest BCUT2D eigenvalue weighted by atomic mass is 9.99. The van der Waals surface area contributed by atoms with Gasteiger partial charge >= 0.3 is 0 Å².